The maximum Gasteiger partial charge on any atom is 0.158 e. The Morgan fingerprint density at radius 3 is 2.02 bits per heavy atom. The second-order valence-corrected chi connectivity index (χ2v) is 13.0. The van der Waals surface area contributed by atoms with Gasteiger partial charge in [-0.25, -0.2) is 0 Å². The first-order chi connectivity index (χ1) is 22.8. The number of hydrogen-bond acceptors (Lipinski definition) is 3. The number of aromatic nitrogens is 1. The van der Waals surface area contributed by atoms with Crippen LogP contribution in [-0.4, -0.2) is 11.3 Å². The number of para-hydroxylation sites is 1. The fourth-order valence-corrected chi connectivity index (χ4v) is 8.95. The van der Waals surface area contributed by atoms with Crippen molar-refractivity contribution in [3.63, 3.8) is 0 Å². The van der Waals surface area contributed by atoms with E-state index in [-0.39, 0.29) is 6.04 Å². The molecule has 0 amide bonds. The summed E-state index contributed by atoms with van der Waals surface area (Å²) in [4.78, 5) is 4.63. The Balaban J connectivity index is 1.53. The van der Waals surface area contributed by atoms with E-state index in [2.05, 4.69) is 138 Å². The highest BCUT2D eigenvalue weighted by atomic mass is 32.1. The van der Waals surface area contributed by atoms with Crippen LogP contribution in [0.1, 0.15) is 17.4 Å². The average molecular weight is 607 g/mol. The molecule has 0 radical (unpaired) electrons. The summed E-state index contributed by atoms with van der Waals surface area (Å²) < 4.78 is 12.0. The van der Waals surface area contributed by atoms with Crippen molar-refractivity contribution in [3.8, 4) is 0 Å². The second kappa shape index (κ2) is 9.64. The minimum atomic E-state index is -0.311. The third-order valence-electron chi connectivity index (χ3n) is 9.54. The molecular weight excluding hydrogens is 581 g/mol. The molecule has 0 bridgehead atoms. The number of nitrogens with zero attached hydrogens (tertiary/aromatic N) is 2. The van der Waals surface area contributed by atoms with E-state index in [0.717, 1.165) is 28.0 Å². The molecule has 0 aliphatic carbocycles. The highest BCUT2D eigenvalue weighted by Gasteiger charge is 2.31. The van der Waals surface area contributed by atoms with Crippen molar-refractivity contribution in [1.82, 2.24) is 4.57 Å². The Bertz CT molecular complexity index is 2840. The summed E-state index contributed by atoms with van der Waals surface area (Å²) in [6.07, 6.45) is 0. The van der Waals surface area contributed by atoms with Crippen LogP contribution in [-0.2, 0) is 0 Å². The van der Waals surface area contributed by atoms with Crippen LogP contribution < -0.4 is 0 Å². The van der Waals surface area contributed by atoms with Crippen molar-refractivity contribution in [2.24, 2.45) is 4.99 Å². The van der Waals surface area contributed by atoms with E-state index in [1.165, 1.54) is 63.5 Å². The molecule has 0 N–H and O–H groups in total. The topological polar surface area (TPSA) is 30.4 Å². The van der Waals surface area contributed by atoms with Gasteiger partial charge in [0.2, 0.25) is 0 Å². The van der Waals surface area contributed by atoms with E-state index in [1.54, 1.807) is 0 Å². The zero-order chi connectivity index (χ0) is 30.4. The number of fused-ring (bicyclic) bond motifs is 13. The molecule has 0 saturated heterocycles. The third-order valence-corrected chi connectivity index (χ3v) is 10.7. The molecule has 0 aliphatic rings. The van der Waals surface area contributed by atoms with Gasteiger partial charge in [0.1, 0.15) is 17.3 Å². The normalized spacial score (nSPS) is 12.8. The Kier molecular flexibility index (Phi) is 5.37. The van der Waals surface area contributed by atoms with Gasteiger partial charge in [0, 0.05) is 37.0 Å². The van der Waals surface area contributed by atoms with Crippen LogP contribution in [0.2, 0.25) is 0 Å². The SMILES string of the molecule is C=Nc1c(C(c2ccccc2)n2c3c4ccccc4ccc3c3c4ccccc4c4c5ccccc5sc4c32)oc2ccccc12. The van der Waals surface area contributed by atoms with Crippen LogP contribution in [0.5, 0.6) is 0 Å². The molecule has 10 rings (SSSR count). The standard InChI is InChI=1S/C42H26N2OS/c1-43-37-30-19-9-11-21-33(30)45-41(37)38(26-14-3-2-4-15-26)44-39-27-16-6-5-13-25(27)23-24-32(39)35-28-17-7-8-18-29(28)36-31-20-10-12-22-34(31)46-42(36)40(35)44/h2-24,38H,1H2. The molecule has 0 aliphatic heterocycles. The molecule has 0 saturated carbocycles. The van der Waals surface area contributed by atoms with Crippen LogP contribution in [0.4, 0.5) is 5.69 Å². The van der Waals surface area contributed by atoms with Crippen molar-refractivity contribution in [1.29, 1.82) is 0 Å². The molecule has 0 spiro atoms. The van der Waals surface area contributed by atoms with Gasteiger partial charge in [0.25, 0.3) is 0 Å². The van der Waals surface area contributed by atoms with Gasteiger partial charge >= 0.3 is 0 Å². The molecule has 216 valence electrons. The fraction of sp³-hybridized carbons (Fsp3) is 0.0238. The van der Waals surface area contributed by atoms with Crippen molar-refractivity contribution in [2.75, 3.05) is 0 Å². The van der Waals surface area contributed by atoms with E-state index in [9.17, 15) is 0 Å². The van der Waals surface area contributed by atoms with Gasteiger partial charge in [0.15, 0.2) is 5.76 Å². The summed E-state index contributed by atoms with van der Waals surface area (Å²) in [5, 5.41) is 11.0. The van der Waals surface area contributed by atoms with E-state index in [4.69, 9.17) is 4.42 Å². The first kappa shape index (κ1) is 25.6. The molecule has 0 fully saturated rings. The zero-order valence-corrected chi connectivity index (χ0v) is 25.6. The van der Waals surface area contributed by atoms with Crippen LogP contribution in [0, 0.1) is 0 Å². The molecule has 1 atom stereocenters. The Labute approximate surface area is 268 Å². The van der Waals surface area contributed by atoms with Gasteiger partial charge in [-0.2, -0.15) is 0 Å². The van der Waals surface area contributed by atoms with Crippen LogP contribution in [0.3, 0.4) is 0 Å². The largest absolute Gasteiger partial charge is 0.456 e. The van der Waals surface area contributed by atoms with Crippen molar-refractivity contribution >= 4 is 98.2 Å². The van der Waals surface area contributed by atoms with Gasteiger partial charge in [-0.05, 0) is 46.6 Å². The van der Waals surface area contributed by atoms with Gasteiger partial charge in [-0.1, -0.05) is 121 Å². The maximum absolute atomic E-state index is 6.85. The minimum Gasteiger partial charge on any atom is -0.456 e. The number of furan rings is 1. The third kappa shape index (κ3) is 3.39. The first-order valence-electron chi connectivity index (χ1n) is 15.5. The van der Waals surface area contributed by atoms with Gasteiger partial charge in [-0.15, -0.1) is 11.3 Å². The molecule has 1 unspecified atom stereocenters. The Morgan fingerprint density at radius 2 is 1.22 bits per heavy atom. The lowest BCUT2D eigenvalue weighted by Gasteiger charge is -2.22. The van der Waals surface area contributed by atoms with Crippen molar-refractivity contribution in [3.05, 3.63) is 151 Å². The van der Waals surface area contributed by atoms with Gasteiger partial charge < -0.3 is 8.98 Å². The molecule has 7 aromatic carbocycles. The number of thiophene rings is 1. The molecule has 46 heavy (non-hydrogen) atoms. The monoisotopic (exact) mass is 606 g/mol. The fourth-order valence-electron chi connectivity index (χ4n) is 7.68. The van der Waals surface area contributed by atoms with Crippen LogP contribution in [0.25, 0.3) is 74.5 Å². The maximum atomic E-state index is 6.85. The smallest absolute Gasteiger partial charge is 0.158 e. The highest BCUT2D eigenvalue weighted by molar-refractivity contribution is 7.27. The van der Waals surface area contributed by atoms with Gasteiger partial charge in [0.05, 0.1) is 15.7 Å². The number of aliphatic imine (C=N–C) groups is 1. The average Bonchev–Trinajstić information content (AvgIpc) is 3.79. The van der Waals surface area contributed by atoms with Crippen molar-refractivity contribution < 1.29 is 4.42 Å². The summed E-state index contributed by atoms with van der Waals surface area (Å²) in [5.41, 5.74) is 5.12. The molecule has 3 nitrogen and oxygen atoms in total. The lowest BCUT2D eigenvalue weighted by molar-refractivity contribution is 0.501. The molecule has 4 heteroatoms. The number of benzene rings is 7. The molecule has 3 aromatic heterocycles. The first-order valence-corrected chi connectivity index (χ1v) is 16.3. The summed E-state index contributed by atoms with van der Waals surface area (Å²) in [5.74, 6) is 0.788. The Hall–Kier alpha value is -5.71. The second-order valence-electron chi connectivity index (χ2n) is 11.9. The van der Waals surface area contributed by atoms with Gasteiger partial charge in [-0.3, -0.25) is 4.99 Å². The predicted molar refractivity (Wildman–Crippen MR) is 196 cm³/mol. The molecule has 3 heterocycles. The quantitative estimate of drug-likeness (QED) is 0.183. The number of hydrogen-bond donors (Lipinski definition) is 0. The van der Waals surface area contributed by atoms with E-state index >= 15 is 0 Å². The lowest BCUT2D eigenvalue weighted by atomic mass is 9.98. The summed E-state index contributed by atoms with van der Waals surface area (Å²) in [7, 11) is 0. The molecular formula is C42H26N2OS. The van der Waals surface area contributed by atoms with E-state index in [0.29, 0.717) is 0 Å². The predicted octanol–water partition coefficient (Wildman–Crippen LogP) is 12.2. The van der Waals surface area contributed by atoms with Crippen LogP contribution >= 0.6 is 11.3 Å². The summed E-state index contributed by atoms with van der Waals surface area (Å²) >= 11 is 1.88. The van der Waals surface area contributed by atoms with Crippen molar-refractivity contribution in [2.45, 2.75) is 6.04 Å². The van der Waals surface area contributed by atoms with E-state index < -0.39 is 0 Å². The summed E-state index contributed by atoms with van der Waals surface area (Å²) in [6, 6.07) is 49.6. The minimum absolute atomic E-state index is 0.311. The summed E-state index contributed by atoms with van der Waals surface area (Å²) in [6.45, 7) is 4.05. The lowest BCUT2D eigenvalue weighted by Crippen LogP contribution is -2.12. The zero-order valence-electron chi connectivity index (χ0n) is 24.8. The van der Waals surface area contributed by atoms with Crippen LogP contribution in [0.15, 0.2) is 149 Å². The van der Waals surface area contributed by atoms with E-state index in [1.807, 2.05) is 29.5 Å². The molecule has 10 aromatic rings. The highest BCUT2D eigenvalue weighted by Crippen LogP contribution is 2.51. The Morgan fingerprint density at radius 1 is 0.565 bits per heavy atom. The number of rotatable bonds is 4.